The summed E-state index contributed by atoms with van der Waals surface area (Å²) in [5.41, 5.74) is 2.16. The van der Waals surface area contributed by atoms with Gasteiger partial charge in [-0.25, -0.2) is 0 Å². The van der Waals surface area contributed by atoms with Gasteiger partial charge in [0.15, 0.2) is 0 Å². The van der Waals surface area contributed by atoms with Crippen molar-refractivity contribution in [2.24, 2.45) is 0 Å². The molecule has 1 atom stereocenters. The third-order valence-electron chi connectivity index (χ3n) is 3.05. The fraction of sp³-hybridized carbons (Fsp3) is 0.250. The van der Waals surface area contributed by atoms with E-state index in [2.05, 4.69) is 40.9 Å². The third kappa shape index (κ3) is 4.03. The first-order valence-electron chi connectivity index (χ1n) is 6.43. The second-order valence-electron chi connectivity index (χ2n) is 4.69. The molecule has 0 spiro atoms. The third-order valence-corrected chi connectivity index (χ3v) is 4.04. The van der Waals surface area contributed by atoms with Crippen molar-refractivity contribution in [2.45, 2.75) is 19.4 Å². The number of nitrogens with one attached hydrogen (secondary N) is 1. The Kier molecular flexibility index (Phi) is 5.54. The Morgan fingerprint density at radius 1 is 1.25 bits per heavy atom. The predicted molar refractivity (Wildman–Crippen MR) is 94.0 cm³/mol. The second-order valence-corrected chi connectivity index (χ2v) is 6.34. The van der Waals surface area contributed by atoms with E-state index in [9.17, 15) is 0 Å². The molecule has 0 aromatic heterocycles. The van der Waals surface area contributed by atoms with Gasteiger partial charge in [-0.3, -0.25) is 0 Å². The van der Waals surface area contributed by atoms with Crippen molar-refractivity contribution in [1.29, 1.82) is 0 Å². The number of methoxy groups -OCH3 is 1. The molecule has 0 radical (unpaired) electrons. The van der Waals surface area contributed by atoms with E-state index in [0.717, 1.165) is 26.5 Å². The van der Waals surface area contributed by atoms with Crippen molar-refractivity contribution in [3.63, 3.8) is 0 Å². The van der Waals surface area contributed by atoms with Crippen LogP contribution in [0.25, 0.3) is 0 Å². The minimum atomic E-state index is 0.267. The molecule has 2 nitrogen and oxygen atoms in total. The maximum absolute atomic E-state index is 6.24. The summed E-state index contributed by atoms with van der Waals surface area (Å²) in [4.78, 5) is 0. The molecule has 0 fully saturated rings. The van der Waals surface area contributed by atoms with Crippen LogP contribution in [0.5, 0.6) is 5.75 Å². The van der Waals surface area contributed by atoms with Crippen molar-refractivity contribution in [2.75, 3.05) is 12.4 Å². The summed E-state index contributed by atoms with van der Waals surface area (Å²) in [7, 11) is 1.70. The van der Waals surface area contributed by atoms with E-state index in [1.54, 1.807) is 7.11 Å². The van der Waals surface area contributed by atoms with Gasteiger partial charge >= 0.3 is 0 Å². The van der Waals surface area contributed by atoms with Crippen molar-refractivity contribution < 1.29 is 4.74 Å². The van der Waals surface area contributed by atoms with Crippen LogP contribution in [0.1, 0.15) is 12.5 Å². The summed E-state index contributed by atoms with van der Waals surface area (Å²) < 4.78 is 6.52. The van der Waals surface area contributed by atoms with E-state index in [1.165, 1.54) is 5.56 Å². The lowest BCUT2D eigenvalue weighted by atomic mass is 10.1. The molecule has 2 aromatic rings. The van der Waals surface area contributed by atoms with Gasteiger partial charge in [0.25, 0.3) is 0 Å². The molecule has 4 heteroatoms. The lowest BCUT2D eigenvalue weighted by molar-refractivity contribution is 0.409. The summed E-state index contributed by atoms with van der Waals surface area (Å²) >= 11 is 8.50. The molecule has 106 valence electrons. The topological polar surface area (TPSA) is 21.3 Å². The van der Waals surface area contributed by atoms with Crippen LogP contribution in [0, 0.1) is 3.57 Å². The quantitative estimate of drug-likeness (QED) is 0.712. The molecule has 0 heterocycles. The van der Waals surface area contributed by atoms with E-state index < -0.39 is 0 Å². The molecule has 20 heavy (non-hydrogen) atoms. The first kappa shape index (κ1) is 15.4. The monoisotopic (exact) mass is 401 g/mol. The van der Waals surface area contributed by atoms with Crippen molar-refractivity contribution in [1.82, 2.24) is 0 Å². The summed E-state index contributed by atoms with van der Waals surface area (Å²) in [6.07, 6.45) is 0.881. The van der Waals surface area contributed by atoms with Crippen LogP contribution in [-0.2, 0) is 6.42 Å². The summed E-state index contributed by atoms with van der Waals surface area (Å²) in [5, 5.41) is 4.20. The van der Waals surface area contributed by atoms with Crippen LogP contribution < -0.4 is 10.1 Å². The van der Waals surface area contributed by atoms with E-state index >= 15 is 0 Å². The van der Waals surface area contributed by atoms with E-state index in [1.807, 2.05) is 36.4 Å². The Morgan fingerprint density at radius 3 is 2.70 bits per heavy atom. The molecule has 0 aliphatic heterocycles. The first-order valence-corrected chi connectivity index (χ1v) is 7.89. The summed E-state index contributed by atoms with van der Waals surface area (Å²) in [5.74, 6) is 0.926. The van der Waals surface area contributed by atoms with Gasteiger partial charge in [0, 0.05) is 9.61 Å². The van der Waals surface area contributed by atoms with Crippen molar-refractivity contribution >= 4 is 39.9 Å². The Labute approximate surface area is 138 Å². The normalized spacial score (nSPS) is 12.0. The van der Waals surface area contributed by atoms with E-state index in [-0.39, 0.29) is 6.04 Å². The highest BCUT2D eigenvalue weighted by Gasteiger charge is 2.09. The Hall–Kier alpha value is -0.940. The molecule has 2 rings (SSSR count). The first-order chi connectivity index (χ1) is 9.60. The maximum Gasteiger partial charge on any atom is 0.122 e. The predicted octanol–water partition coefficient (Wildman–Crippen LogP) is 5.00. The molecule has 1 N–H and O–H groups in total. The minimum Gasteiger partial charge on any atom is -0.496 e. The van der Waals surface area contributed by atoms with Gasteiger partial charge < -0.3 is 10.1 Å². The van der Waals surface area contributed by atoms with Gasteiger partial charge in [-0.2, -0.15) is 0 Å². The number of para-hydroxylation sites is 1. The number of ether oxygens (including phenoxy) is 1. The van der Waals surface area contributed by atoms with Crippen LogP contribution in [0.2, 0.25) is 5.02 Å². The molecule has 1 unspecified atom stereocenters. The Bertz CT molecular complexity index is 588. The number of hydrogen-bond donors (Lipinski definition) is 1. The van der Waals surface area contributed by atoms with Crippen LogP contribution in [0.3, 0.4) is 0 Å². The lowest BCUT2D eigenvalue weighted by Crippen LogP contribution is -2.18. The van der Waals surface area contributed by atoms with Crippen molar-refractivity contribution in [3.05, 3.63) is 56.6 Å². The number of hydrogen-bond acceptors (Lipinski definition) is 2. The largest absolute Gasteiger partial charge is 0.496 e. The smallest absolute Gasteiger partial charge is 0.122 e. The minimum absolute atomic E-state index is 0.267. The van der Waals surface area contributed by atoms with Crippen LogP contribution in [0.4, 0.5) is 5.69 Å². The Balaban J connectivity index is 2.07. The number of halogens is 2. The fourth-order valence-electron chi connectivity index (χ4n) is 2.12. The van der Waals surface area contributed by atoms with Gasteiger partial charge in [-0.15, -0.1) is 0 Å². The SMILES string of the molecule is COc1ccccc1CC(C)Nc1ccc(I)cc1Cl. The van der Waals surface area contributed by atoms with Gasteiger partial charge in [0.2, 0.25) is 0 Å². The van der Waals surface area contributed by atoms with Gasteiger partial charge in [-0.1, -0.05) is 29.8 Å². The van der Waals surface area contributed by atoms with Gasteiger partial charge in [-0.05, 0) is 65.8 Å². The average Bonchev–Trinajstić information content (AvgIpc) is 2.42. The van der Waals surface area contributed by atoms with Crippen molar-refractivity contribution in [3.8, 4) is 5.75 Å². The molecule has 0 aliphatic carbocycles. The molecule has 0 aliphatic rings. The maximum atomic E-state index is 6.24. The standard InChI is InChI=1S/C16H17ClINO/c1-11(9-12-5-3-4-6-16(12)20-2)19-15-8-7-13(18)10-14(15)17/h3-8,10-11,19H,9H2,1-2H3. The molecule has 2 aromatic carbocycles. The van der Waals surface area contributed by atoms with E-state index in [4.69, 9.17) is 16.3 Å². The highest BCUT2D eigenvalue weighted by atomic mass is 127. The molecule has 0 amide bonds. The van der Waals surface area contributed by atoms with Gasteiger partial charge in [0.1, 0.15) is 5.75 Å². The zero-order valence-corrected chi connectivity index (χ0v) is 14.4. The zero-order chi connectivity index (χ0) is 14.5. The molecular formula is C16H17ClINO. The Morgan fingerprint density at radius 2 is 2.00 bits per heavy atom. The fourth-order valence-corrected chi connectivity index (χ4v) is 3.03. The van der Waals surface area contributed by atoms with E-state index in [0.29, 0.717) is 0 Å². The average molecular weight is 402 g/mol. The number of anilines is 1. The molecular weight excluding hydrogens is 385 g/mol. The number of rotatable bonds is 5. The lowest BCUT2D eigenvalue weighted by Gasteiger charge is -2.18. The summed E-state index contributed by atoms with van der Waals surface area (Å²) in [6, 6.07) is 14.4. The number of benzene rings is 2. The molecule has 0 saturated carbocycles. The van der Waals surface area contributed by atoms with Crippen LogP contribution in [-0.4, -0.2) is 13.2 Å². The second kappa shape index (κ2) is 7.18. The zero-order valence-electron chi connectivity index (χ0n) is 11.5. The highest BCUT2D eigenvalue weighted by Crippen LogP contribution is 2.26. The van der Waals surface area contributed by atoms with Crippen LogP contribution >= 0.6 is 34.2 Å². The van der Waals surface area contributed by atoms with Gasteiger partial charge in [0.05, 0.1) is 17.8 Å². The van der Waals surface area contributed by atoms with Crippen LogP contribution in [0.15, 0.2) is 42.5 Å². The summed E-state index contributed by atoms with van der Waals surface area (Å²) in [6.45, 7) is 2.14. The highest BCUT2D eigenvalue weighted by molar-refractivity contribution is 14.1. The molecule has 0 saturated heterocycles. The molecule has 0 bridgehead atoms.